The predicted molar refractivity (Wildman–Crippen MR) is 144 cm³/mol. The Morgan fingerprint density at radius 1 is 1.19 bits per heavy atom. The molecular formula is C30H45FN2O4. The third-order valence-electron chi connectivity index (χ3n) is 8.38. The molecule has 1 N–H and O–H groups in total. The maximum Gasteiger partial charge on any atom is 0.410 e. The second-order valence-corrected chi connectivity index (χ2v) is 11.9. The number of hydrogen-bond acceptors (Lipinski definition) is 5. The lowest BCUT2D eigenvalue weighted by molar-refractivity contribution is 0.0177. The normalized spacial score (nSPS) is 21.8. The number of hydrogen-bond donors (Lipinski definition) is 1. The number of piperidine rings is 1. The first-order valence-corrected chi connectivity index (χ1v) is 14.1. The molecule has 3 fully saturated rings. The van der Waals surface area contributed by atoms with Crippen LogP contribution in [0.4, 0.5) is 9.18 Å². The number of halogens is 1. The van der Waals surface area contributed by atoms with E-state index in [2.05, 4.69) is 18.7 Å². The number of nitrogens with zero attached hydrogens (tertiary/aromatic N) is 2. The van der Waals surface area contributed by atoms with Crippen molar-refractivity contribution >= 4 is 6.09 Å². The van der Waals surface area contributed by atoms with E-state index >= 15 is 4.39 Å². The lowest BCUT2D eigenvalue weighted by atomic mass is 9.66. The van der Waals surface area contributed by atoms with Gasteiger partial charge in [0, 0.05) is 42.7 Å². The smallest absolute Gasteiger partial charge is 0.410 e. The molecule has 2 aliphatic heterocycles. The standard InChI is InChI=1S/C30H45FN2O4/c1-6-22-18-25(36-17-16-32-13-7-8-24(32)20-34)19-26(31)27(22)30(21(2)23-9-10-23)11-14-33(15-12-30)28(35)37-29(3,4)5/h18-19,24,34H,6-17,20H2,1-5H3. The van der Waals surface area contributed by atoms with E-state index in [1.807, 2.05) is 26.8 Å². The number of benzene rings is 1. The van der Waals surface area contributed by atoms with E-state index in [1.54, 1.807) is 11.0 Å². The van der Waals surface area contributed by atoms with Crippen molar-refractivity contribution in [3.63, 3.8) is 0 Å². The molecule has 1 amide bonds. The second-order valence-electron chi connectivity index (χ2n) is 11.9. The van der Waals surface area contributed by atoms with Gasteiger partial charge in [0.15, 0.2) is 0 Å². The highest BCUT2D eigenvalue weighted by Gasteiger charge is 2.44. The van der Waals surface area contributed by atoms with E-state index in [9.17, 15) is 9.90 Å². The van der Waals surface area contributed by atoms with Gasteiger partial charge in [0.1, 0.15) is 23.8 Å². The molecule has 0 bridgehead atoms. The molecule has 1 aromatic rings. The van der Waals surface area contributed by atoms with Crippen LogP contribution >= 0.6 is 0 Å². The van der Waals surface area contributed by atoms with E-state index in [0.717, 1.165) is 49.9 Å². The van der Waals surface area contributed by atoms with Crippen molar-refractivity contribution in [3.8, 4) is 5.75 Å². The molecule has 2 saturated heterocycles. The van der Waals surface area contributed by atoms with Gasteiger partial charge in [-0.3, -0.25) is 4.90 Å². The second kappa shape index (κ2) is 11.3. The summed E-state index contributed by atoms with van der Waals surface area (Å²) in [6.45, 7) is 13.3. The van der Waals surface area contributed by atoms with Crippen LogP contribution in [0.2, 0.25) is 0 Å². The van der Waals surface area contributed by atoms with Gasteiger partial charge >= 0.3 is 6.09 Å². The summed E-state index contributed by atoms with van der Waals surface area (Å²) in [5.41, 5.74) is 3.52. The van der Waals surface area contributed by atoms with Crippen LogP contribution in [0.5, 0.6) is 5.75 Å². The Balaban J connectivity index is 1.54. The number of aliphatic hydroxyl groups excluding tert-OH is 1. The monoisotopic (exact) mass is 516 g/mol. The van der Waals surface area contributed by atoms with E-state index in [4.69, 9.17) is 9.47 Å². The quantitative estimate of drug-likeness (QED) is 0.456. The summed E-state index contributed by atoms with van der Waals surface area (Å²) in [4.78, 5) is 16.8. The molecule has 0 aromatic heterocycles. The number of aryl methyl sites for hydroxylation is 1. The number of ether oxygens (including phenoxy) is 2. The zero-order valence-corrected chi connectivity index (χ0v) is 23.4. The number of rotatable bonds is 8. The van der Waals surface area contributed by atoms with Crippen molar-refractivity contribution in [2.75, 3.05) is 39.4 Å². The molecule has 7 heteroatoms. The van der Waals surface area contributed by atoms with E-state index in [0.29, 0.717) is 44.7 Å². The highest BCUT2D eigenvalue weighted by molar-refractivity contribution is 5.68. The minimum atomic E-state index is -0.539. The predicted octanol–water partition coefficient (Wildman–Crippen LogP) is 5.60. The molecule has 1 unspecified atom stereocenters. The van der Waals surface area contributed by atoms with Gasteiger partial charge in [0.05, 0.1) is 6.61 Å². The average molecular weight is 517 g/mol. The summed E-state index contributed by atoms with van der Waals surface area (Å²) in [6.07, 6.45) is 6.06. The number of carbonyl (C=O) groups excluding carboxylic acids is 1. The first kappa shape index (κ1) is 27.9. The Hall–Kier alpha value is -2.12. The van der Waals surface area contributed by atoms with Crippen molar-refractivity contribution in [1.29, 1.82) is 0 Å². The van der Waals surface area contributed by atoms with Crippen molar-refractivity contribution in [2.24, 2.45) is 0 Å². The fraction of sp³-hybridized carbons (Fsp3) is 0.700. The minimum absolute atomic E-state index is 0.172. The molecule has 0 radical (unpaired) electrons. The van der Waals surface area contributed by atoms with Crippen LogP contribution < -0.4 is 4.74 Å². The van der Waals surface area contributed by atoms with Gasteiger partial charge in [-0.15, -0.1) is 0 Å². The summed E-state index contributed by atoms with van der Waals surface area (Å²) in [5, 5.41) is 9.56. The molecule has 3 aliphatic rings. The molecule has 37 heavy (non-hydrogen) atoms. The third kappa shape index (κ3) is 6.31. The number of likely N-dealkylation sites (tertiary alicyclic amines) is 2. The van der Waals surface area contributed by atoms with Crippen molar-refractivity contribution in [1.82, 2.24) is 9.80 Å². The third-order valence-corrected chi connectivity index (χ3v) is 8.38. The SMILES string of the molecule is CCc1cc(OCCN2CCCC2CO)cc(F)c1C1(C(C)=C2CC2)CCN(C(=O)OC(C)(C)C)CC1. The lowest BCUT2D eigenvalue weighted by Crippen LogP contribution is -2.48. The summed E-state index contributed by atoms with van der Waals surface area (Å²) >= 11 is 0. The van der Waals surface area contributed by atoms with Gasteiger partial charge in [-0.1, -0.05) is 18.1 Å². The summed E-state index contributed by atoms with van der Waals surface area (Å²) in [6, 6.07) is 3.77. The molecule has 6 nitrogen and oxygen atoms in total. The zero-order chi connectivity index (χ0) is 26.8. The molecule has 0 spiro atoms. The Kier molecular flexibility index (Phi) is 8.54. The Bertz CT molecular complexity index is 1000. The summed E-state index contributed by atoms with van der Waals surface area (Å²) < 4.78 is 27.7. The summed E-state index contributed by atoms with van der Waals surface area (Å²) in [5.74, 6) is 0.353. The maximum atomic E-state index is 16.0. The van der Waals surface area contributed by atoms with Gasteiger partial charge in [-0.2, -0.15) is 0 Å². The molecule has 4 rings (SSSR count). The van der Waals surface area contributed by atoms with Crippen molar-refractivity contribution in [3.05, 3.63) is 40.2 Å². The molecular weight excluding hydrogens is 471 g/mol. The fourth-order valence-corrected chi connectivity index (χ4v) is 6.20. The van der Waals surface area contributed by atoms with Crippen LogP contribution in [0.15, 0.2) is 23.3 Å². The van der Waals surface area contributed by atoms with Gasteiger partial charge in [-0.25, -0.2) is 9.18 Å². The summed E-state index contributed by atoms with van der Waals surface area (Å²) in [7, 11) is 0. The highest BCUT2D eigenvalue weighted by atomic mass is 19.1. The molecule has 1 atom stereocenters. The van der Waals surface area contributed by atoms with Gasteiger partial charge in [-0.05, 0) is 90.8 Å². The topological polar surface area (TPSA) is 62.2 Å². The van der Waals surface area contributed by atoms with Crippen molar-refractivity contribution < 1.29 is 23.8 Å². The van der Waals surface area contributed by atoms with Crippen molar-refractivity contribution in [2.45, 2.75) is 96.6 Å². The van der Waals surface area contributed by atoms with E-state index in [-0.39, 0.29) is 24.6 Å². The van der Waals surface area contributed by atoms with E-state index < -0.39 is 11.0 Å². The number of allylic oxidation sites excluding steroid dienone is 2. The molecule has 1 aromatic carbocycles. The largest absolute Gasteiger partial charge is 0.492 e. The van der Waals surface area contributed by atoms with Gasteiger partial charge in [0.2, 0.25) is 0 Å². The minimum Gasteiger partial charge on any atom is -0.492 e. The first-order chi connectivity index (χ1) is 17.6. The van der Waals surface area contributed by atoms with Gasteiger partial charge in [0.25, 0.3) is 0 Å². The first-order valence-electron chi connectivity index (χ1n) is 14.1. The molecule has 2 heterocycles. The number of amides is 1. The Morgan fingerprint density at radius 3 is 2.49 bits per heavy atom. The molecule has 1 saturated carbocycles. The van der Waals surface area contributed by atoms with Crippen LogP contribution in [0.1, 0.15) is 84.3 Å². The Labute approximate surface area is 221 Å². The number of aliphatic hydroxyl groups is 1. The van der Waals surface area contributed by atoms with Crippen LogP contribution in [-0.2, 0) is 16.6 Å². The van der Waals surface area contributed by atoms with Crippen LogP contribution in [0.25, 0.3) is 0 Å². The van der Waals surface area contributed by atoms with E-state index in [1.165, 1.54) is 11.1 Å². The van der Waals surface area contributed by atoms with Crippen LogP contribution in [0, 0.1) is 5.82 Å². The van der Waals surface area contributed by atoms with Gasteiger partial charge < -0.3 is 19.5 Å². The average Bonchev–Trinajstić information content (AvgIpc) is 3.60. The van der Waals surface area contributed by atoms with Crippen LogP contribution in [-0.4, -0.2) is 72.0 Å². The number of carbonyl (C=O) groups is 1. The lowest BCUT2D eigenvalue weighted by Gasteiger charge is -2.44. The fourth-order valence-electron chi connectivity index (χ4n) is 6.20. The maximum absolute atomic E-state index is 16.0. The zero-order valence-electron chi connectivity index (χ0n) is 23.4. The highest BCUT2D eigenvalue weighted by Crippen LogP contribution is 2.50. The Morgan fingerprint density at radius 2 is 1.89 bits per heavy atom. The van der Waals surface area contributed by atoms with Crippen LogP contribution in [0.3, 0.4) is 0 Å². The molecule has 1 aliphatic carbocycles. The molecule has 206 valence electrons.